The fraction of sp³-hybridized carbons (Fsp3) is 0.923. The standard InChI is InChI=1S/C13H23F3O2/c1-9(2)12(6,7-11(3,4)5)10(17)18-8-13(14,15)16/h9H,7-8H2,1-6H3. The fourth-order valence-corrected chi connectivity index (χ4v) is 1.93. The molecule has 0 radical (unpaired) electrons. The van der Waals surface area contributed by atoms with E-state index in [1.807, 2.05) is 34.6 Å². The van der Waals surface area contributed by atoms with Crippen molar-refractivity contribution in [1.29, 1.82) is 0 Å². The van der Waals surface area contributed by atoms with Crippen LogP contribution in [0.5, 0.6) is 0 Å². The van der Waals surface area contributed by atoms with Crippen molar-refractivity contribution in [2.24, 2.45) is 16.7 Å². The number of rotatable bonds is 4. The Morgan fingerprint density at radius 3 is 1.83 bits per heavy atom. The highest BCUT2D eigenvalue weighted by atomic mass is 19.4. The summed E-state index contributed by atoms with van der Waals surface area (Å²) < 4.78 is 40.6. The van der Waals surface area contributed by atoms with Gasteiger partial charge in [0.15, 0.2) is 6.61 Å². The summed E-state index contributed by atoms with van der Waals surface area (Å²) in [6.07, 6.45) is -4.00. The van der Waals surface area contributed by atoms with Gasteiger partial charge in [0.2, 0.25) is 0 Å². The summed E-state index contributed by atoms with van der Waals surface area (Å²) in [6.45, 7) is 9.64. The van der Waals surface area contributed by atoms with Crippen LogP contribution in [0.25, 0.3) is 0 Å². The lowest BCUT2D eigenvalue weighted by Crippen LogP contribution is -2.39. The van der Waals surface area contributed by atoms with Crippen LogP contribution < -0.4 is 0 Å². The molecule has 0 N–H and O–H groups in total. The van der Waals surface area contributed by atoms with Crippen molar-refractivity contribution < 1.29 is 22.7 Å². The van der Waals surface area contributed by atoms with Crippen LogP contribution in [0.15, 0.2) is 0 Å². The Morgan fingerprint density at radius 2 is 1.56 bits per heavy atom. The van der Waals surface area contributed by atoms with Gasteiger partial charge < -0.3 is 4.74 Å². The van der Waals surface area contributed by atoms with Crippen molar-refractivity contribution in [1.82, 2.24) is 0 Å². The van der Waals surface area contributed by atoms with Crippen molar-refractivity contribution in [2.75, 3.05) is 6.61 Å². The topological polar surface area (TPSA) is 26.3 Å². The molecule has 108 valence electrons. The van der Waals surface area contributed by atoms with Crippen molar-refractivity contribution >= 4 is 5.97 Å². The average Bonchev–Trinajstić information content (AvgIpc) is 2.09. The van der Waals surface area contributed by atoms with E-state index in [0.717, 1.165) is 0 Å². The van der Waals surface area contributed by atoms with Crippen LogP contribution in [0.2, 0.25) is 0 Å². The quantitative estimate of drug-likeness (QED) is 0.715. The van der Waals surface area contributed by atoms with Gasteiger partial charge in [-0.3, -0.25) is 4.79 Å². The van der Waals surface area contributed by atoms with Crippen LogP contribution in [-0.2, 0) is 9.53 Å². The summed E-state index contributed by atoms with van der Waals surface area (Å²) in [5.41, 5.74) is -1.06. The zero-order chi connectivity index (χ0) is 14.8. The van der Waals surface area contributed by atoms with E-state index in [4.69, 9.17) is 0 Å². The number of esters is 1. The minimum atomic E-state index is -4.48. The van der Waals surface area contributed by atoms with Gasteiger partial charge in [-0.2, -0.15) is 13.2 Å². The predicted molar refractivity (Wildman–Crippen MR) is 64.0 cm³/mol. The molecule has 0 rings (SSSR count). The molecule has 0 aliphatic heterocycles. The van der Waals surface area contributed by atoms with E-state index in [0.29, 0.717) is 6.42 Å². The van der Waals surface area contributed by atoms with Crippen LogP contribution in [-0.4, -0.2) is 18.8 Å². The molecular formula is C13H23F3O2. The lowest BCUT2D eigenvalue weighted by Gasteiger charge is -2.36. The first-order valence-electron chi connectivity index (χ1n) is 6.02. The van der Waals surface area contributed by atoms with Gasteiger partial charge in [-0.25, -0.2) is 0 Å². The maximum atomic E-state index is 12.1. The highest BCUT2D eigenvalue weighted by Gasteiger charge is 2.42. The number of hydrogen-bond donors (Lipinski definition) is 0. The zero-order valence-corrected chi connectivity index (χ0v) is 11.9. The highest BCUT2D eigenvalue weighted by Crippen LogP contribution is 2.40. The molecule has 0 bridgehead atoms. The molecule has 0 aliphatic carbocycles. The third kappa shape index (κ3) is 5.74. The smallest absolute Gasteiger partial charge is 0.422 e. The van der Waals surface area contributed by atoms with Crippen LogP contribution in [0.1, 0.15) is 48.0 Å². The van der Waals surface area contributed by atoms with Gasteiger partial charge in [0.25, 0.3) is 0 Å². The molecule has 0 fully saturated rings. The summed E-state index contributed by atoms with van der Waals surface area (Å²) in [4.78, 5) is 11.9. The van der Waals surface area contributed by atoms with E-state index in [-0.39, 0.29) is 11.3 Å². The second-order valence-electron chi connectivity index (χ2n) is 6.50. The SMILES string of the molecule is CC(C)C(C)(CC(C)(C)C)C(=O)OCC(F)(F)F. The minimum absolute atomic E-state index is 0.0857. The van der Waals surface area contributed by atoms with E-state index in [1.54, 1.807) is 6.92 Å². The number of alkyl halides is 3. The number of hydrogen-bond acceptors (Lipinski definition) is 2. The van der Waals surface area contributed by atoms with E-state index in [2.05, 4.69) is 4.74 Å². The summed E-state index contributed by atoms with van der Waals surface area (Å²) in [6, 6.07) is 0. The van der Waals surface area contributed by atoms with Crippen molar-refractivity contribution in [2.45, 2.75) is 54.1 Å². The molecule has 0 spiro atoms. The van der Waals surface area contributed by atoms with Crippen molar-refractivity contribution in [3.8, 4) is 0 Å². The Labute approximate surface area is 107 Å². The fourth-order valence-electron chi connectivity index (χ4n) is 1.93. The molecule has 0 heterocycles. The monoisotopic (exact) mass is 268 g/mol. The molecule has 0 aromatic heterocycles. The summed E-state index contributed by atoms with van der Waals surface area (Å²) in [5.74, 6) is -0.859. The molecule has 0 saturated carbocycles. The third-order valence-corrected chi connectivity index (χ3v) is 3.01. The second kappa shape index (κ2) is 5.49. The van der Waals surface area contributed by atoms with Gasteiger partial charge in [0, 0.05) is 0 Å². The molecule has 0 amide bonds. The Balaban J connectivity index is 4.85. The average molecular weight is 268 g/mol. The predicted octanol–water partition coefficient (Wildman–Crippen LogP) is 4.19. The van der Waals surface area contributed by atoms with Crippen LogP contribution in [0, 0.1) is 16.7 Å². The molecule has 18 heavy (non-hydrogen) atoms. The lowest BCUT2D eigenvalue weighted by atomic mass is 9.69. The van der Waals surface area contributed by atoms with Crippen molar-refractivity contribution in [3.63, 3.8) is 0 Å². The van der Waals surface area contributed by atoms with Gasteiger partial charge in [-0.05, 0) is 24.7 Å². The summed E-state index contributed by atoms with van der Waals surface area (Å²) in [7, 11) is 0. The molecule has 1 atom stereocenters. The van der Waals surface area contributed by atoms with Crippen LogP contribution in [0.4, 0.5) is 13.2 Å². The number of ether oxygens (including phenoxy) is 1. The molecule has 0 aliphatic rings. The second-order valence-corrected chi connectivity index (χ2v) is 6.50. The van der Waals surface area contributed by atoms with E-state index < -0.39 is 24.2 Å². The molecule has 0 saturated heterocycles. The van der Waals surface area contributed by atoms with Crippen molar-refractivity contribution in [3.05, 3.63) is 0 Å². The van der Waals surface area contributed by atoms with E-state index in [1.165, 1.54) is 0 Å². The molecule has 5 heteroatoms. The number of halogens is 3. The van der Waals surface area contributed by atoms with Gasteiger partial charge in [-0.15, -0.1) is 0 Å². The molecule has 2 nitrogen and oxygen atoms in total. The highest BCUT2D eigenvalue weighted by molar-refractivity contribution is 5.76. The normalized spacial score (nSPS) is 16.6. The largest absolute Gasteiger partial charge is 0.456 e. The van der Waals surface area contributed by atoms with Crippen LogP contribution >= 0.6 is 0 Å². The zero-order valence-electron chi connectivity index (χ0n) is 11.9. The van der Waals surface area contributed by atoms with Crippen LogP contribution in [0.3, 0.4) is 0 Å². The first kappa shape index (κ1) is 17.3. The van der Waals surface area contributed by atoms with E-state index >= 15 is 0 Å². The van der Waals surface area contributed by atoms with E-state index in [9.17, 15) is 18.0 Å². The number of carbonyl (C=O) groups is 1. The van der Waals surface area contributed by atoms with Gasteiger partial charge >= 0.3 is 12.1 Å². The minimum Gasteiger partial charge on any atom is -0.456 e. The third-order valence-electron chi connectivity index (χ3n) is 3.01. The Bertz CT molecular complexity index is 290. The lowest BCUT2D eigenvalue weighted by molar-refractivity contribution is -0.196. The molecule has 0 aromatic rings. The maximum Gasteiger partial charge on any atom is 0.422 e. The Hall–Kier alpha value is -0.740. The maximum absolute atomic E-state index is 12.1. The molecule has 0 aromatic carbocycles. The summed E-state index contributed by atoms with van der Waals surface area (Å²) in [5, 5.41) is 0. The first-order valence-corrected chi connectivity index (χ1v) is 6.02. The Kier molecular flexibility index (Phi) is 5.27. The molecular weight excluding hydrogens is 245 g/mol. The van der Waals surface area contributed by atoms with Gasteiger partial charge in [-0.1, -0.05) is 34.6 Å². The van der Waals surface area contributed by atoms with Gasteiger partial charge in [0.1, 0.15) is 0 Å². The summed E-state index contributed by atoms with van der Waals surface area (Å²) >= 11 is 0. The first-order chi connectivity index (χ1) is 7.78. The number of carbonyl (C=O) groups excluding carboxylic acids is 1. The van der Waals surface area contributed by atoms with Gasteiger partial charge in [0.05, 0.1) is 5.41 Å². The Morgan fingerprint density at radius 1 is 1.11 bits per heavy atom. The molecule has 1 unspecified atom stereocenters.